The van der Waals surface area contributed by atoms with Crippen LogP contribution in [0.3, 0.4) is 0 Å². The van der Waals surface area contributed by atoms with Gasteiger partial charge < -0.3 is 11.1 Å². The van der Waals surface area contributed by atoms with E-state index in [1.807, 2.05) is 18.2 Å². The van der Waals surface area contributed by atoms with Gasteiger partial charge in [-0.3, -0.25) is 14.5 Å². The molecule has 0 aliphatic heterocycles. The van der Waals surface area contributed by atoms with E-state index in [-0.39, 0.29) is 25.0 Å². The fraction of sp³-hybridized carbons (Fsp3) is 0.556. The molecule has 0 unspecified atom stereocenters. The Morgan fingerprint density at radius 3 is 2.43 bits per heavy atom. The number of likely N-dealkylation sites (N-methyl/N-ethyl adjacent to an activating group) is 1. The van der Waals surface area contributed by atoms with Crippen LogP contribution in [-0.4, -0.2) is 36.9 Å². The van der Waals surface area contributed by atoms with Crippen LogP contribution in [-0.2, 0) is 9.59 Å². The van der Waals surface area contributed by atoms with E-state index in [1.165, 1.54) is 19.3 Å². The van der Waals surface area contributed by atoms with Crippen LogP contribution in [0.5, 0.6) is 0 Å². The van der Waals surface area contributed by atoms with Gasteiger partial charge in [-0.25, -0.2) is 0 Å². The van der Waals surface area contributed by atoms with Crippen LogP contribution in [0.15, 0.2) is 30.3 Å². The molecule has 0 spiro atoms. The Kier molecular flexibility index (Phi) is 6.59. The summed E-state index contributed by atoms with van der Waals surface area (Å²) < 4.78 is 0. The number of primary amides is 1. The number of nitrogens with one attached hydrogen (secondary N) is 1. The van der Waals surface area contributed by atoms with Gasteiger partial charge in [0.2, 0.25) is 11.8 Å². The van der Waals surface area contributed by atoms with Crippen molar-refractivity contribution in [2.75, 3.05) is 20.1 Å². The zero-order chi connectivity index (χ0) is 16.7. The molecule has 2 amide bonds. The molecule has 1 aromatic carbocycles. The van der Waals surface area contributed by atoms with Gasteiger partial charge in [-0.15, -0.1) is 0 Å². The molecule has 1 aliphatic rings. The quantitative estimate of drug-likeness (QED) is 0.806. The topological polar surface area (TPSA) is 75.4 Å². The zero-order valence-electron chi connectivity index (χ0n) is 13.8. The summed E-state index contributed by atoms with van der Waals surface area (Å²) in [5, 5.41) is 3.17. The SMILES string of the molecule is CN(CC(N)=O)CC(=O)N[C@@H](c1ccccc1)C1CCCCC1. The summed E-state index contributed by atoms with van der Waals surface area (Å²) in [6.07, 6.45) is 6.04. The van der Waals surface area contributed by atoms with Crippen molar-refractivity contribution in [2.45, 2.75) is 38.1 Å². The van der Waals surface area contributed by atoms with E-state index in [0.717, 1.165) is 18.4 Å². The molecule has 5 nitrogen and oxygen atoms in total. The Morgan fingerprint density at radius 2 is 1.83 bits per heavy atom. The van der Waals surface area contributed by atoms with Crippen LogP contribution in [0.1, 0.15) is 43.7 Å². The van der Waals surface area contributed by atoms with Crippen molar-refractivity contribution < 1.29 is 9.59 Å². The minimum atomic E-state index is -0.424. The van der Waals surface area contributed by atoms with Gasteiger partial charge in [0.25, 0.3) is 0 Å². The molecule has 0 heterocycles. The van der Waals surface area contributed by atoms with Gasteiger partial charge in [-0.05, 0) is 31.4 Å². The number of hydrogen-bond acceptors (Lipinski definition) is 3. The van der Waals surface area contributed by atoms with E-state index < -0.39 is 5.91 Å². The van der Waals surface area contributed by atoms with Crippen molar-refractivity contribution in [3.05, 3.63) is 35.9 Å². The molecule has 0 radical (unpaired) electrons. The number of nitrogens with two attached hydrogens (primary N) is 1. The second kappa shape index (κ2) is 8.67. The van der Waals surface area contributed by atoms with Gasteiger partial charge in [0.15, 0.2) is 0 Å². The minimum Gasteiger partial charge on any atom is -0.369 e. The normalized spacial score (nSPS) is 17.0. The summed E-state index contributed by atoms with van der Waals surface area (Å²) in [4.78, 5) is 24.9. The molecule has 126 valence electrons. The van der Waals surface area contributed by atoms with Crippen LogP contribution in [0.4, 0.5) is 0 Å². The first kappa shape index (κ1) is 17.5. The van der Waals surface area contributed by atoms with Crippen molar-refractivity contribution in [3.8, 4) is 0 Å². The Bertz CT molecular complexity index is 512. The molecule has 0 bridgehead atoms. The lowest BCUT2D eigenvalue weighted by Crippen LogP contribution is -2.42. The van der Waals surface area contributed by atoms with Gasteiger partial charge >= 0.3 is 0 Å². The standard InChI is InChI=1S/C18H27N3O2/c1-21(12-16(19)22)13-17(23)20-18(14-8-4-2-5-9-14)15-10-6-3-7-11-15/h2,4-5,8-9,15,18H,3,6-7,10-13H2,1H3,(H2,19,22)(H,20,23)/t18-/m0/s1. The van der Waals surface area contributed by atoms with Crippen molar-refractivity contribution >= 4 is 11.8 Å². The average Bonchev–Trinajstić information content (AvgIpc) is 2.53. The van der Waals surface area contributed by atoms with Gasteiger partial charge in [0, 0.05) is 0 Å². The number of rotatable bonds is 7. The molecule has 0 aromatic heterocycles. The van der Waals surface area contributed by atoms with Crippen LogP contribution in [0, 0.1) is 5.92 Å². The first-order chi connectivity index (χ1) is 11.1. The molecule has 23 heavy (non-hydrogen) atoms. The largest absolute Gasteiger partial charge is 0.369 e. The lowest BCUT2D eigenvalue weighted by atomic mass is 9.81. The highest BCUT2D eigenvalue weighted by Gasteiger charge is 2.26. The van der Waals surface area contributed by atoms with Gasteiger partial charge in [-0.1, -0.05) is 49.6 Å². The van der Waals surface area contributed by atoms with Crippen LogP contribution >= 0.6 is 0 Å². The van der Waals surface area contributed by atoms with Crippen LogP contribution in [0.25, 0.3) is 0 Å². The molecule has 1 aliphatic carbocycles. The Labute approximate surface area is 138 Å². The molecule has 1 aromatic rings. The van der Waals surface area contributed by atoms with Crippen molar-refractivity contribution in [3.63, 3.8) is 0 Å². The second-order valence-electron chi connectivity index (χ2n) is 6.49. The molecular formula is C18H27N3O2. The smallest absolute Gasteiger partial charge is 0.234 e. The van der Waals surface area contributed by atoms with Gasteiger partial charge in [-0.2, -0.15) is 0 Å². The first-order valence-corrected chi connectivity index (χ1v) is 8.37. The molecule has 3 N–H and O–H groups in total. The lowest BCUT2D eigenvalue weighted by molar-refractivity contribution is -0.124. The Morgan fingerprint density at radius 1 is 1.17 bits per heavy atom. The van der Waals surface area contributed by atoms with E-state index in [4.69, 9.17) is 5.73 Å². The van der Waals surface area contributed by atoms with Gasteiger partial charge in [0.1, 0.15) is 0 Å². The summed E-state index contributed by atoms with van der Waals surface area (Å²) in [6, 6.07) is 10.2. The highest BCUT2D eigenvalue weighted by Crippen LogP contribution is 2.34. The maximum absolute atomic E-state index is 12.4. The number of carbonyl (C=O) groups excluding carboxylic acids is 2. The predicted molar refractivity (Wildman–Crippen MR) is 90.6 cm³/mol. The number of carbonyl (C=O) groups is 2. The van der Waals surface area contributed by atoms with E-state index in [9.17, 15) is 9.59 Å². The van der Waals surface area contributed by atoms with Crippen molar-refractivity contribution in [1.82, 2.24) is 10.2 Å². The number of benzene rings is 1. The van der Waals surface area contributed by atoms with E-state index >= 15 is 0 Å². The maximum atomic E-state index is 12.4. The molecule has 0 saturated heterocycles. The first-order valence-electron chi connectivity index (χ1n) is 8.37. The second-order valence-corrected chi connectivity index (χ2v) is 6.49. The number of nitrogens with zero attached hydrogens (tertiary/aromatic N) is 1. The number of amides is 2. The summed E-state index contributed by atoms with van der Waals surface area (Å²) in [5.74, 6) is -0.00286. The van der Waals surface area contributed by atoms with E-state index in [1.54, 1.807) is 11.9 Å². The average molecular weight is 317 g/mol. The maximum Gasteiger partial charge on any atom is 0.234 e. The highest BCUT2D eigenvalue weighted by molar-refractivity contribution is 5.80. The van der Waals surface area contributed by atoms with Crippen molar-refractivity contribution in [1.29, 1.82) is 0 Å². The monoisotopic (exact) mass is 317 g/mol. The summed E-state index contributed by atoms with van der Waals surface area (Å²) >= 11 is 0. The fourth-order valence-electron chi connectivity index (χ4n) is 3.39. The molecule has 5 heteroatoms. The van der Waals surface area contributed by atoms with Crippen LogP contribution < -0.4 is 11.1 Å². The van der Waals surface area contributed by atoms with Gasteiger partial charge in [0.05, 0.1) is 19.1 Å². The third-order valence-electron chi connectivity index (χ3n) is 4.44. The lowest BCUT2D eigenvalue weighted by Gasteiger charge is -2.32. The molecule has 2 rings (SSSR count). The molecule has 1 saturated carbocycles. The third-order valence-corrected chi connectivity index (χ3v) is 4.44. The molecular weight excluding hydrogens is 290 g/mol. The van der Waals surface area contributed by atoms with Crippen molar-refractivity contribution in [2.24, 2.45) is 11.7 Å². The predicted octanol–water partition coefficient (Wildman–Crippen LogP) is 1.84. The summed E-state index contributed by atoms with van der Waals surface area (Å²) in [6.45, 7) is 0.270. The third kappa shape index (κ3) is 5.67. The van der Waals surface area contributed by atoms with E-state index in [0.29, 0.717) is 5.92 Å². The summed E-state index contributed by atoms with van der Waals surface area (Å²) in [5.41, 5.74) is 6.32. The molecule has 1 fully saturated rings. The Hall–Kier alpha value is -1.88. The molecule has 1 atom stereocenters. The summed E-state index contributed by atoms with van der Waals surface area (Å²) in [7, 11) is 1.72. The van der Waals surface area contributed by atoms with Crippen LogP contribution in [0.2, 0.25) is 0 Å². The fourth-order valence-corrected chi connectivity index (χ4v) is 3.39. The van der Waals surface area contributed by atoms with E-state index in [2.05, 4.69) is 17.4 Å². The minimum absolute atomic E-state index is 0.0472. The zero-order valence-corrected chi connectivity index (χ0v) is 13.8. The Balaban J connectivity index is 2.02. The number of hydrogen-bond donors (Lipinski definition) is 2. The highest BCUT2D eigenvalue weighted by atomic mass is 16.2.